The Morgan fingerprint density at radius 3 is 2.93 bits per heavy atom. The van der Waals surface area contributed by atoms with E-state index < -0.39 is 0 Å². The summed E-state index contributed by atoms with van der Waals surface area (Å²) in [6, 6.07) is 6.86. The smallest absolute Gasteiger partial charge is 0.104 e. The average Bonchev–Trinajstić information content (AvgIpc) is 2.53. The van der Waals surface area contributed by atoms with Gasteiger partial charge in [0.05, 0.1) is 11.0 Å². The number of fused-ring (bicyclic) bond motifs is 1. The van der Waals surface area contributed by atoms with Crippen LogP contribution in [0.5, 0.6) is 0 Å². The second-order valence-electron chi connectivity index (χ2n) is 4.21. The monoisotopic (exact) mass is 203 g/mol. The fraction of sp³-hybridized carbons (Fsp3) is 0.417. The minimum absolute atomic E-state index is 0.518. The van der Waals surface area contributed by atoms with Gasteiger partial charge < -0.3 is 10.3 Å². The zero-order valence-electron chi connectivity index (χ0n) is 9.46. The minimum Gasteiger partial charge on any atom is -0.342 e. The lowest BCUT2D eigenvalue weighted by Crippen LogP contribution is -2.21. The van der Waals surface area contributed by atoms with Crippen LogP contribution in [0.4, 0.5) is 0 Å². The van der Waals surface area contributed by atoms with Gasteiger partial charge in [-0.1, -0.05) is 19.9 Å². The van der Waals surface area contributed by atoms with Crippen molar-refractivity contribution in [1.82, 2.24) is 15.3 Å². The molecular weight excluding hydrogens is 186 g/mol. The maximum atomic E-state index is 4.37. The van der Waals surface area contributed by atoms with Gasteiger partial charge in [0.1, 0.15) is 5.82 Å². The molecule has 0 radical (unpaired) electrons. The molecule has 1 aromatic carbocycles. The van der Waals surface area contributed by atoms with Gasteiger partial charge in [0, 0.05) is 12.6 Å². The molecule has 0 bridgehead atoms. The van der Waals surface area contributed by atoms with Crippen LogP contribution in [0.25, 0.3) is 11.0 Å². The van der Waals surface area contributed by atoms with Crippen molar-refractivity contribution in [2.24, 2.45) is 0 Å². The van der Waals surface area contributed by atoms with Crippen molar-refractivity contribution in [1.29, 1.82) is 0 Å². The lowest BCUT2D eigenvalue weighted by molar-refractivity contribution is 0.589. The first kappa shape index (κ1) is 10.2. The van der Waals surface area contributed by atoms with Gasteiger partial charge in [0.25, 0.3) is 0 Å². The molecule has 0 saturated carbocycles. The fourth-order valence-corrected chi connectivity index (χ4v) is 1.62. The molecule has 3 heteroatoms. The zero-order chi connectivity index (χ0) is 10.8. The topological polar surface area (TPSA) is 40.7 Å². The van der Waals surface area contributed by atoms with Crippen molar-refractivity contribution >= 4 is 11.0 Å². The molecule has 2 rings (SSSR count). The lowest BCUT2D eigenvalue weighted by Gasteiger charge is -2.07. The largest absolute Gasteiger partial charge is 0.342 e. The summed E-state index contributed by atoms with van der Waals surface area (Å²) in [5, 5.41) is 3.40. The van der Waals surface area contributed by atoms with Crippen molar-refractivity contribution < 1.29 is 0 Å². The van der Waals surface area contributed by atoms with E-state index in [1.54, 1.807) is 0 Å². The van der Waals surface area contributed by atoms with Crippen LogP contribution in [-0.4, -0.2) is 16.0 Å². The third kappa shape index (κ3) is 2.36. The molecule has 0 amide bonds. The number of hydrogen-bond acceptors (Lipinski definition) is 2. The van der Waals surface area contributed by atoms with Crippen LogP contribution in [0.15, 0.2) is 18.2 Å². The highest BCUT2D eigenvalue weighted by molar-refractivity contribution is 5.75. The van der Waals surface area contributed by atoms with Crippen LogP contribution in [-0.2, 0) is 6.54 Å². The predicted molar refractivity (Wildman–Crippen MR) is 62.8 cm³/mol. The third-order valence-electron chi connectivity index (χ3n) is 2.38. The second kappa shape index (κ2) is 4.03. The van der Waals surface area contributed by atoms with Crippen molar-refractivity contribution in [2.45, 2.75) is 33.4 Å². The quantitative estimate of drug-likeness (QED) is 0.804. The summed E-state index contributed by atoms with van der Waals surface area (Å²) < 4.78 is 0. The van der Waals surface area contributed by atoms with Gasteiger partial charge in [-0.15, -0.1) is 0 Å². The molecule has 0 fully saturated rings. The van der Waals surface area contributed by atoms with Gasteiger partial charge in [-0.25, -0.2) is 4.98 Å². The standard InChI is InChI=1S/C12H17N3/c1-8(2)13-7-10-4-5-11-12(6-10)15-9(3)14-11/h4-6,8,13H,7H2,1-3H3,(H,14,15). The Labute approximate surface area is 89.9 Å². The first-order valence-corrected chi connectivity index (χ1v) is 5.34. The summed E-state index contributed by atoms with van der Waals surface area (Å²) in [4.78, 5) is 7.62. The van der Waals surface area contributed by atoms with Crippen molar-refractivity contribution in [3.8, 4) is 0 Å². The molecule has 0 aliphatic carbocycles. The number of H-pyrrole nitrogens is 1. The van der Waals surface area contributed by atoms with Gasteiger partial charge in [-0.05, 0) is 24.6 Å². The molecule has 0 unspecified atom stereocenters. The number of benzene rings is 1. The van der Waals surface area contributed by atoms with Crippen LogP contribution in [0.2, 0.25) is 0 Å². The highest BCUT2D eigenvalue weighted by atomic mass is 14.9. The summed E-state index contributed by atoms with van der Waals surface area (Å²) in [5.41, 5.74) is 3.45. The molecule has 15 heavy (non-hydrogen) atoms. The van der Waals surface area contributed by atoms with Crippen LogP contribution in [0, 0.1) is 6.92 Å². The summed E-state index contributed by atoms with van der Waals surface area (Å²) in [6.07, 6.45) is 0. The minimum atomic E-state index is 0.518. The first-order chi connectivity index (χ1) is 7.15. The number of aromatic nitrogens is 2. The summed E-state index contributed by atoms with van der Waals surface area (Å²) >= 11 is 0. The van der Waals surface area contributed by atoms with Crippen LogP contribution >= 0.6 is 0 Å². The Bertz CT molecular complexity index is 457. The molecule has 1 aromatic heterocycles. The Kier molecular flexibility index (Phi) is 2.73. The van der Waals surface area contributed by atoms with Gasteiger partial charge >= 0.3 is 0 Å². The Morgan fingerprint density at radius 1 is 1.40 bits per heavy atom. The lowest BCUT2D eigenvalue weighted by atomic mass is 10.2. The highest BCUT2D eigenvalue weighted by Gasteiger charge is 2.01. The highest BCUT2D eigenvalue weighted by Crippen LogP contribution is 2.13. The van der Waals surface area contributed by atoms with E-state index >= 15 is 0 Å². The van der Waals surface area contributed by atoms with Gasteiger partial charge in [-0.2, -0.15) is 0 Å². The van der Waals surface area contributed by atoms with Crippen molar-refractivity contribution in [3.05, 3.63) is 29.6 Å². The van der Waals surface area contributed by atoms with Crippen molar-refractivity contribution in [2.75, 3.05) is 0 Å². The second-order valence-corrected chi connectivity index (χ2v) is 4.21. The number of aryl methyl sites for hydroxylation is 1. The third-order valence-corrected chi connectivity index (χ3v) is 2.38. The molecule has 0 saturated heterocycles. The molecule has 0 aliphatic heterocycles. The summed E-state index contributed by atoms with van der Waals surface area (Å²) in [7, 11) is 0. The van der Waals surface area contributed by atoms with E-state index in [0.717, 1.165) is 23.4 Å². The van der Waals surface area contributed by atoms with Crippen LogP contribution in [0.3, 0.4) is 0 Å². The van der Waals surface area contributed by atoms with E-state index in [1.807, 2.05) is 6.92 Å². The van der Waals surface area contributed by atoms with Gasteiger partial charge in [-0.3, -0.25) is 0 Å². The molecule has 1 heterocycles. The molecule has 0 aliphatic rings. The summed E-state index contributed by atoms with van der Waals surface area (Å²) in [6.45, 7) is 7.19. The average molecular weight is 203 g/mol. The number of imidazole rings is 1. The van der Waals surface area contributed by atoms with E-state index in [1.165, 1.54) is 5.56 Å². The van der Waals surface area contributed by atoms with E-state index in [0.29, 0.717) is 6.04 Å². The molecule has 80 valence electrons. The molecule has 0 atom stereocenters. The maximum absolute atomic E-state index is 4.37. The van der Waals surface area contributed by atoms with E-state index in [9.17, 15) is 0 Å². The SMILES string of the molecule is Cc1nc2ccc(CNC(C)C)cc2[nH]1. The number of nitrogens with one attached hydrogen (secondary N) is 2. The number of hydrogen-bond donors (Lipinski definition) is 2. The van der Waals surface area contributed by atoms with Gasteiger partial charge in [0.15, 0.2) is 0 Å². The summed E-state index contributed by atoms with van der Waals surface area (Å²) in [5.74, 6) is 0.971. The number of rotatable bonds is 3. The molecule has 2 aromatic rings. The molecule has 3 nitrogen and oxygen atoms in total. The van der Waals surface area contributed by atoms with Gasteiger partial charge in [0.2, 0.25) is 0 Å². The number of aromatic amines is 1. The van der Waals surface area contributed by atoms with Crippen molar-refractivity contribution in [3.63, 3.8) is 0 Å². The van der Waals surface area contributed by atoms with E-state index in [4.69, 9.17) is 0 Å². The Morgan fingerprint density at radius 2 is 2.20 bits per heavy atom. The Hall–Kier alpha value is -1.35. The Balaban J connectivity index is 2.22. The fourth-order valence-electron chi connectivity index (χ4n) is 1.62. The van der Waals surface area contributed by atoms with Crippen LogP contribution < -0.4 is 5.32 Å². The van der Waals surface area contributed by atoms with Crippen LogP contribution in [0.1, 0.15) is 25.2 Å². The predicted octanol–water partition coefficient (Wildman–Crippen LogP) is 2.37. The van der Waals surface area contributed by atoms with E-state index in [2.05, 4.69) is 47.3 Å². The normalized spacial score (nSPS) is 11.5. The zero-order valence-corrected chi connectivity index (χ0v) is 9.46. The molecular formula is C12H17N3. The molecule has 0 spiro atoms. The number of nitrogens with zero attached hydrogens (tertiary/aromatic N) is 1. The first-order valence-electron chi connectivity index (χ1n) is 5.34. The molecule has 2 N–H and O–H groups in total. The van der Waals surface area contributed by atoms with E-state index in [-0.39, 0.29) is 0 Å². The maximum Gasteiger partial charge on any atom is 0.104 e.